The summed E-state index contributed by atoms with van der Waals surface area (Å²) in [5, 5.41) is 9.68. The summed E-state index contributed by atoms with van der Waals surface area (Å²) in [6, 6.07) is 3.63. The van der Waals surface area contributed by atoms with Gasteiger partial charge in [-0.2, -0.15) is 0 Å². The normalized spacial score (nSPS) is 10.1. The first-order valence-corrected chi connectivity index (χ1v) is 5.26. The van der Waals surface area contributed by atoms with Crippen LogP contribution < -0.4 is 9.64 Å². The third-order valence-corrected chi connectivity index (χ3v) is 2.60. The number of aromatic hydroxyl groups is 1. The maximum atomic E-state index is 9.68. The van der Waals surface area contributed by atoms with E-state index >= 15 is 0 Å². The van der Waals surface area contributed by atoms with Crippen LogP contribution in [0.15, 0.2) is 12.1 Å². The topological polar surface area (TPSA) is 32.7 Å². The van der Waals surface area contributed by atoms with Crippen molar-refractivity contribution in [2.75, 3.05) is 25.1 Å². The largest absolute Gasteiger partial charge is 0.508 e. The predicted octanol–water partition coefficient (Wildman–Crippen LogP) is 2.56. The molecule has 0 amide bonds. The number of phenolic OH excluding ortho intramolecular Hbond substituents is 1. The van der Waals surface area contributed by atoms with Crippen LogP contribution in [0, 0.1) is 6.92 Å². The highest BCUT2D eigenvalue weighted by molar-refractivity contribution is 5.63. The van der Waals surface area contributed by atoms with E-state index in [1.54, 1.807) is 13.2 Å². The average Bonchev–Trinajstić information content (AvgIpc) is 2.24. The SMILES string of the molecule is CCN(CC)c1cc(O)c(C)cc1OC. The van der Waals surface area contributed by atoms with Crippen LogP contribution in [0.1, 0.15) is 19.4 Å². The molecule has 0 saturated heterocycles. The van der Waals surface area contributed by atoms with Crippen molar-refractivity contribution >= 4 is 5.69 Å². The van der Waals surface area contributed by atoms with Crippen LogP contribution in [-0.4, -0.2) is 25.3 Å². The Labute approximate surface area is 91.3 Å². The van der Waals surface area contributed by atoms with E-state index in [0.717, 1.165) is 30.1 Å². The number of ether oxygens (including phenoxy) is 1. The van der Waals surface area contributed by atoms with E-state index in [0.29, 0.717) is 5.75 Å². The molecule has 15 heavy (non-hydrogen) atoms. The van der Waals surface area contributed by atoms with Crippen LogP contribution in [0.25, 0.3) is 0 Å². The highest BCUT2D eigenvalue weighted by atomic mass is 16.5. The molecule has 1 aromatic carbocycles. The molecule has 0 aromatic heterocycles. The molecule has 0 saturated carbocycles. The number of methoxy groups -OCH3 is 1. The quantitative estimate of drug-likeness (QED) is 0.827. The standard InChI is InChI=1S/C12H19NO2/c1-5-13(6-2)10-8-11(14)9(3)7-12(10)15-4/h7-8,14H,5-6H2,1-4H3. The van der Waals surface area contributed by atoms with Crippen molar-refractivity contribution in [3.05, 3.63) is 17.7 Å². The lowest BCUT2D eigenvalue weighted by Gasteiger charge is -2.24. The van der Waals surface area contributed by atoms with E-state index in [-0.39, 0.29) is 0 Å². The number of nitrogens with zero attached hydrogens (tertiary/aromatic N) is 1. The van der Waals surface area contributed by atoms with Gasteiger partial charge in [-0.25, -0.2) is 0 Å². The summed E-state index contributed by atoms with van der Waals surface area (Å²) in [6.45, 7) is 7.83. The maximum absolute atomic E-state index is 9.68. The number of benzene rings is 1. The fourth-order valence-corrected chi connectivity index (χ4v) is 1.63. The molecule has 0 atom stereocenters. The van der Waals surface area contributed by atoms with Crippen LogP contribution in [0.5, 0.6) is 11.5 Å². The molecule has 0 fully saturated rings. The lowest BCUT2D eigenvalue weighted by molar-refractivity contribution is 0.411. The van der Waals surface area contributed by atoms with Gasteiger partial charge in [-0.1, -0.05) is 0 Å². The van der Waals surface area contributed by atoms with Gasteiger partial charge in [0.25, 0.3) is 0 Å². The monoisotopic (exact) mass is 209 g/mol. The first-order chi connectivity index (χ1) is 7.13. The van der Waals surface area contributed by atoms with Crippen LogP contribution in [-0.2, 0) is 0 Å². The zero-order valence-corrected chi connectivity index (χ0v) is 9.87. The number of hydrogen-bond acceptors (Lipinski definition) is 3. The molecule has 0 unspecified atom stereocenters. The van der Waals surface area contributed by atoms with E-state index in [4.69, 9.17) is 4.74 Å². The third-order valence-electron chi connectivity index (χ3n) is 2.60. The van der Waals surface area contributed by atoms with E-state index in [9.17, 15) is 5.11 Å². The van der Waals surface area contributed by atoms with Gasteiger partial charge in [0.2, 0.25) is 0 Å². The van der Waals surface area contributed by atoms with Gasteiger partial charge in [-0.05, 0) is 32.4 Å². The van der Waals surface area contributed by atoms with Crippen molar-refractivity contribution in [1.82, 2.24) is 0 Å². The van der Waals surface area contributed by atoms with Gasteiger partial charge < -0.3 is 14.7 Å². The zero-order valence-electron chi connectivity index (χ0n) is 9.87. The first kappa shape index (κ1) is 11.7. The Morgan fingerprint density at radius 1 is 1.27 bits per heavy atom. The fourth-order valence-electron chi connectivity index (χ4n) is 1.63. The second-order valence-corrected chi connectivity index (χ2v) is 3.48. The molecule has 3 heteroatoms. The smallest absolute Gasteiger partial charge is 0.142 e. The van der Waals surface area contributed by atoms with E-state index in [2.05, 4.69) is 18.7 Å². The van der Waals surface area contributed by atoms with Crippen LogP contribution >= 0.6 is 0 Å². The van der Waals surface area contributed by atoms with Gasteiger partial charge in [-0.3, -0.25) is 0 Å². The van der Waals surface area contributed by atoms with Gasteiger partial charge in [0.15, 0.2) is 0 Å². The van der Waals surface area contributed by atoms with Gasteiger partial charge in [0, 0.05) is 19.2 Å². The molecule has 1 aromatic rings. The van der Waals surface area contributed by atoms with Crippen molar-refractivity contribution in [3.63, 3.8) is 0 Å². The minimum Gasteiger partial charge on any atom is -0.508 e. The maximum Gasteiger partial charge on any atom is 0.142 e. The predicted molar refractivity (Wildman–Crippen MR) is 63.0 cm³/mol. The molecule has 1 N–H and O–H groups in total. The molecule has 0 bridgehead atoms. The van der Waals surface area contributed by atoms with Crippen LogP contribution in [0.3, 0.4) is 0 Å². The Morgan fingerprint density at radius 3 is 2.33 bits per heavy atom. The van der Waals surface area contributed by atoms with Crippen molar-refractivity contribution in [2.45, 2.75) is 20.8 Å². The number of anilines is 1. The summed E-state index contributed by atoms with van der Waals surface area (Å²) in [6.07, 6.45) is 0. The molecule has 1 rings (SSSR count). The minimum absolute atomic E-state index is 0.317. The minimum atomic E-state index is 0.317. The zero-order chi connectivity index (χ0) is 11.4. The lowest BCUT2D eigenvalue weighted by Crippen LogP contribution is -2.22. The van der Waals surface area contributed by atoms with E-state index in [1.165, 1.54) is 0 Å². The van der Waals surface area contributed by atoms with Crippen LogP contribution in [0.2, 0.25) is 0 Å². The van der Waals surface area contributed by atoms with Crippen molar-refractivity contribution in [1.29, 1.82) is 0 Å². The summed E-state index contributed by atoms with van der Waals surface area (Å²) in [5.74, 6) is 1.13. The number of hydrogen-bond donors (Lipinski definition) is 1. The number of phenols is 1. The van der Waals surface area contributed by atoms with E-state index < -0.39 is 0 Å². The summed E-state index contributed by atoms with van der Waals surface area (Å²) in [4.78, 5) is 2.15. The molecule has 0 aliphatic heterocycles. The summed E-state index contributed by atoms with van der Waals surface area (Å²) in [5.41, 5.74) is 1.79. The average molecular weight is 209 g/mol. The van der Waals surface area contributed by atoms with Gasteiger partial charge in [0.1, 0.15) is 11.5 Å². The third kappa shape index (κ3) is 2.35. The van der Waals surface area contributed by atoms with Crippen molar-refractivity contribution < 1.29 is 9.84 Å². The van der Waals surface area contributed by atoms with Gasteiger partial charge in [-0.15, -0.1) is 0 Å². The molecule has 0 heterocycles. The van der Waals surface area contributed by atoms with Gasteiger partial charge >= 0.3 is 0 Å². The molecule has 0 aliphatic carbocycles. The Kier molecular flexibility index (Phi) is 3.83. The number of rotatable bonds is 4. The van der Waals surface area contributed by atoms with Crippen molar-refractivity contribution in [2.24, 2.45) is 0 Å². The van der Waals surface area contributed by atoms with Crippen LogP contribution in [0.4, 0.5) is 5.69 Å². The molecule has 0 radical (unpaired) electrons. The first-order valence-electron chi connectivity index (χ1n) is 5.26. The Bertz CT molecular complexity index is 333. The summed E-state index contributed by atoms with van der Waals surface area (Å²) < 4.78 is 5.31. The molecule has 0 spiro atoms. The highest BCUT2D eigenvalue weighted by Crippen LogP contribution is 2.34. The highest BCUT2D eigenvalue weighted by Gasteiger charge is 2.11. The Hall–Kier alpha value is -1.38. The second kappa shape index (κ2) is 4.91. The summed E-state index contributed by atoms with van der Waals surface area (Å²) in [7, 11) is 1.65. The molecule has 3 nitrogen and oxygen atoms in total. The fraction of sp³-hybridized carbons (Fsp3) is 0.500. The van der Waals surface area contributed by atoms with Crippen molar-refractivity contribution in [3.8, 4) is 11.5 Å². The molecule has 0 aliphatic rings. The molecular formula is C12H19NO2. The van der Waals surface area contributed by atoms with E-state index in [1.807, 2.05) is 13.0 Å². The summed E-state index contributed by atoms with van der Waals surface area (Å²) >= 11 is 0. The Morgan fingerprint density at radius 2 is 1.87 bits per heavy atom. The lowest BCUT2D eigenvalue weighted by atomic mass is 10.1. The molecular weight excluding hydrogens is 190 g/mol. The molecule has 84 valence electrons. The van der Waals surface area contributed by atoms with Gasteiger partial charge in [0.05, 0.1) is 12.8 Å². The number of aryl methyl sites for hydroxylation is 1. The Balaban J connectivity index is 3.20. The second-order valence-electron chi connectivity index (χ2n) is 3.48.